The Bertz CT molecular complexity index is 153. The van der Waals surface area contributed by atoms with E-state index in [-0.39, 0.29) is 0 Å². The Kier molecular flexibility index (Phi) is 10.2. The Morgan fingerprint density at radius 2 is 1.64 bits per heavy atom. The lowest BCUT2D eigenvalue weighted by Gasteiger charge is -1.97. The molecule has 0 aliphatic carbocycles. The smallest absolute Gasteiger partial charge is 0.0144 e. The zero-order chi connectivity index (χ0) is 10.6. The van der Waals surface area contributed by atoms with Crippen molar-refractivity contribution in [2.24, 2.45) is 0 Å². The van der Waals surface area contributed by atoms with Crippen LogP contribution in [-0.2, 0) is 0 Å². The van der Waals surface area contributed by atoms with Crippen molar-refractivity contribution in [3.8, 4) is 0 Å². The van der Waals surface area contributed by atoms with Gasteiger partial charge in [-0.25, -0.2) is 0 Å². The van der Waals surface area contributed by atoms with E-state index < -0.39 is 0 Å². The summed E-state index contributed by atoms with van der Waals surface area (Å²) in [4.78, 5) is 0. The minimum Gasteiger partial charge on any atom is -0.0998 e. The number of hydrogen-bond donors (Lipinski definition) is 0. The normalized spacial score (nSPS) is 11.0. The van der Waals surface area contributed by atoms with Crippen molar-refractivity contribution >= 4 is 0 Å². The first-order valence-corrected chi connectivity index (χ1v) is 6.06. The maximum atomic E-state index is 3.87. The first-order chi connectivity index (χ1) is 6.77. The lowest BCUT2D eigenvalue weighted by molar-refractivity contribution is 0.611. The van der Waals surface area contributed by atoms with Crippen molar-refractivity contribution in [1.82, 2.24) is 0 Å². The fraction of sp³-hybridized carbons (Fsp3) is 0.714. The highest BCUT2D eigenvalue weighted by Crippen LogP contribution is 2.07. The van der Waals surface area contributed by atoms with Crippen molar-refractivity contribution in [2.45, 2.75) is 65.2 Å². The van der Waals surface area contributed by atoms with E-state index in [1.54, 1.807) is 0 Å². The van der Waals surface area contributed by atoms with E-state index in [4.69, 9.17) is 0 Å². The van der Waals surface area contributed by atoms with Gasteiger partial charge in [-0.15, -0.1) is 0 Å². The van der Waals surface area contributed by atoms with E-state index in [2.05, 4.69) is 32.6 Å². The molecule has 0 aromatic carbocycles. The average Bonchev–Trinajstić information content (AvgIpc) is 2.15. The van der Waals surface area contributed by atoms with Crippen LogP contribution in [0.4, 0.5) is 0 Å². The van der Waals surface area contributed by atoms with Gasteiger partial charge in [-0.2, -0.15) is 0 Å². The third-order valence-corrected chi connectivity index (χ3v) is 2.36. The molecule has 0 amide bonds. The molecule has 0 heteroatoms. The van der Waals surface area contributed by atoms with Gasteiger partial charge in [-0.3, -0.25) is 0 Å². The summed E-state index contributed by atoms with van der Waals surface area (Å²) in [6, 6.07) is 0. The average molecular weight is 194 g/mol. The highest BCUT2D eigenvalue weighted by atomic mass is 13.9. The second-order valence-corrected chi connectivity index (χ2v) is 4.19. The number of allylic oxidation sites excluding steroid dienone is 3. The summed E-state index contributed by atoms with van der Waals surface area (Å²) < 4.78 is 0. The van der Waals surface area contributed by atoms with E-state index >= 15 is 0 Å². The number of rotatable bonds is 9. The zero-order valence-electron chi connectivity index (χ0n) is 10.0. The molecule has 0 bridgehead atoms. The van der Waals surface area contributed by atoms with Crippen molar-refractivity contribution in [2.75, 3.05) is 0 Å². The second kappa shape index (κ2) is 10.6. The van der Waals surface area contributed by atoms with E-state index in [0.717, 1.165) is 6.42 Å². The molecule has 0 nitrogen and oxygen atoms in total. The molecule has 0 aromatic rings. The second-order valence-electron chi connectivity index (χ2n) is 4.19. The van der Waals surface area contributed by atoms with Crippen molar-refractivity contribution in [3.05, 3.63) is 24.3 Å². The van der Waals surface area contributed by atoms with Crippen LogP contribution in [0.2, 0.25) is 0 Å². The summed E-state index contributed by atoms with van der Waals surface area (Å²) >= 11 is 0. The molecule has 0 aliphatic rings. The molecule has 0 spiro atoms. The Labute approximate surface area is 90.1 Å². The van der Waals surface area contributed by atoms with Gasteiger partial charge in [0.05, 0.1) is 0 Å². The highest BCUT2D eigenvalue weighted by molar-refractivity contribution is 4.98. The predicted molar refractivity (Wildman–Crippen MR) is 66.6 cm³/mol. The van der Waals surface area contributed by atoms with Gasteiger partial charge in [0.15, 0.2) is 0 Å². The van der Waals surface area contributed by atoms with E-state index in [9.17, 15) is 0 Å². The van der Waals surface area contributed by atoms with Crippen LogP contribution < -0.4 is 0 Å². The molecule has 0 saturated heterocycles. The molecule has 82 valence electrons. The van der Waals surface area contributed by atoms with Crippen LogP contribution in [0.15, 0.2) is 24.3 Å². The van der Waals surface area contributed by atoms with Gasteiger partial charge in [0, 0.05) is 0 Å². The molecule has 0 rings (SSSR count). The molecule has 0 radical (unpaired) electrons. The lowest BCUT2D eigenvalue weighted by Crippen LogP contribution is -1.77. The van der Waals surface area contributed by atoms with Gasteiger partial charge in [0.1, 0.15) is 0 Å². The predicted octanol–water partition coefficient (Wildman–Crippen LogP) is 5.26. The summed E-state index contributed by atoms with van der Waals surface area (Å²) in [5, 5.41) is 0. The Balaban J connectivity index is 3.05. The minimum absolute atomic E-state index is 1.05. The Morgan fingerprint density at radius 1 is 1.00 bits per heavy atom. The topological polar surface area (TPSA) is 0 Å². The van der Waals surface area contributed by atoms with E-state index in [1.165, 1.54) is 50.5 Å². The molecule has 0 heterocycles. The Morgan fingerprint density at radius 3 is 2.29 bits per heavy atom. The molecule has 0 atom stereocenters. The van der Waals surface area contributed by atoms with Gasteiger partial charge in [-0.05, 0) is 26.2 Å². The molecule has 0 unspecified atom stereocenters. The van der Waals surface area contributed by atoms with Crippen LogP contribution in [0, 0.1) is 0 Å². The molecule has 0 aliphatic heterocycles. The van der Waals surface area contributed by atoms with E-state index in [1.807, 2.05) is 0 Å². The third-order valence-electron chi connectivity index (χ3n) is 2.36. The molecular weight excluding hydrogens is 168 g/mol. The maximum Gasteiger partial charge on any atom is -0.0144 e. The third kappa shape index (κ3) is 11.5. The largest absolute Gasteiger partial charge is 0.0998 e. The van der Waals surface area contributed by atoms with Crippen molar-refractivity contribution < 1.29 is 0 Å². The van der Waals surface area contributed by atoms with Gasteiger partial charge in [0.2, 0.25) is 0 Å². The van der Waals surface area contributed by atoms with Crippen molar-refractivity contribution in [3.63, 3.8) is 0 Å². The fourth-order valence-corrected chi connectivity index (χ4v) is 1.44. The molecule has 0 saturated carbocycles. The molecule has 14 heavy (non-hydrogen) atoms. The SMILES string of the molecule is C=C(C)CC=CCCCCCCCC. The van der Waals surface area contributed by atoms with Crippen molar-refractivity contribution in [1.29, 1.82) is 0 Å². The monoisotopic (exact) mass is 194 g/mol. The molecule has 0 aromatic heterocycles. The molecule has 0 N–H and O–H groups in total. The Hall–Kier alpha value is -0.520. The highest BCUT2D eigenvalue weighted by Gasteiger charge is 1.87. The quantitative estimate of drug-likeness (QED) is 0.347. The summed E-state index contributed by atoms with van der Waals surface area (Å²) in [5.74, 6) is 0. The zero-order valence-corrected chi connectivity index (χ0v) is 10.0. The first kappa shape index (κ1) is 13.5. The number of hydrogen-bond acceptors (Lipinski definition) is 0. The van der Waals surface area contributed by atoms with Crippen LogP contribution in [0.3, 0.4) is 0 Å². The summed E-state index contributed by atoms with van der Waals surface area (Å²) in [6.45, 7) is 8.21. The lowest BCUT2D eigenvalue weighted by atomic mass is 10.1. The fourth-order valence-electron chi connectivity index (χ4n) is 1.44. The standard InChI is InChI=1S/C14H26/c1-4-5-6-7-8-9-10-11-12-13-14(2)3/h11-12H,2,4-10,13H2,1,3H3. The summed E-state index contributed by atoms with van der Waals surface area (Å²) in [5.41, 5.74) is 1.25. The van der Waals surface area contributed by atoms with Gasteiger partial charge in [-0.1, -0.05) is 63.3 Å². The van der Waals surface area contributed by atoms with Crippen LogP contribution in [0.1, 0.15) is 65.2 Å². The minimum atomic E-state index is 1.05. The van der Waals surface area contributed by atoms with Crippen LogP contribution in [0.5, 0.6) is 0 Å². The van der Waals surface area contributed by atoms with Gasteiger partial charge in [0.25, 0.3) is 0 Å². The van der Waals surface area contributed by atoms with Gasteiger partial charge >= 0.3 is 0 Å². The molecule has 0 fully saturated rings. The number of unbranched alkanes of at least 4 members (excludes halogenated alkanes) is 6. The van der Waals surface area contributed by atoms with Gasteiger partial charge < -0.3 is 0 Å². The summed E-state index contributed by atoms with van der Waals surface area (Å²) in [6.07, 6.45) is 15.2. The van der Waals surface area contributed by atoms with Crippen LogP contribution >= 0.6 is 0 Å². The molecular formula is C14H26. The maximum absolute atomic E-state index is 3.87. The van der Waals surface area contributed by atoms with Crippen LogP contribution in [-0.4, -0.2) is 0 Å². The first-order valence-electron chi connectivity index (χ1n) is 6.06. The van der Waals surface area contributed by atoms with Crippen LogP contribution in [0.25, 0.3) is 0 Å². The summed E-state index contributed by atoms with van der Waals surface area (Å²) in [7, 11) is 0. The van der Waals surface area contributed by atoms with E-state index in [0.29, 0.717) is 0 Å².